The van der Waals surface area contributed by atoms with Crippen LogP contribution in [0.25, 0.3) is 10.2 Å². The first-order valence-corrected chi connectivity index (χ1v) is 12.7. The lowest BCUT2D eigenvalue weighted by Gasteiger charge is -2.22. The first-order valence-electron chi connectivity index (χ1n) is 10.0. The SMILES string of the molecule is CCCCc1ccc2nc(NC(=O)C3CC(=O)N(C4CCS(=O)(=O)C4)C3)sc2c1. The molecule has 2 amide bonds. The number of carbonyl (C=O) groups excluding carboxylic acids is 2. The molecule has 0 bridgehead atoms. The first-order chi connectivity index (χ1) is 13.8. The number of aryl methyl sites for hydroxylation is 1. The Morgan fingerprint density at radius 2 is 2.21 bits per heavy atom. The van der Waals surface area contributed by atoms with Crippen molar-refractivity contribution in [1.29, 1.82) is 0 Å². The van der Waals surface area contributed by atoms with Crippen LogP contribution in [-0.2, 0) is 25.8 Å². The van der Waals surface area contributed by atoms with Crippen molar-refractivity contribution >= 4 is 48.3 Å². The molecule has 0 saturated carbocycles. The smallest absolute Gasteiger partial charge is 0.231 e. The molecule has 9 heteroatoms. The van der Waals surface area contributed by atoms with Crippen LogP contribution in [0.5, 0.6) is 0 Å². The molecular formula is C20H25N3O4S2. The van der Waals surface area contributed by atoms with Crippen molar-refractivity contribution in [3.63, 3.8) is 0 Å². The van der Waals surface area contributed by atoms with Gasteiger partial charge in [0.1, 0.15) is 0 Å². The van der Waals surface area contributed by atoms with E-state index >= 15 is 0 Å². The van der Waals surface area contributed by atoms with Crippen molar-refractivity contribution in [2.24, 2.45) is 5.92 Å². The Balaban J connectivity index is 1.41. The van der Waals surface area contributed by atoms with Gasteiger partial charge in [0.25, 0.3) is 0 Å². The maximum Gasteiger partial charge on any atom is 0.231 e. The number of rotatable bonds is 6. The average molecular weight is 436 g/mol. The van der Waals surface area contributed by atoms with Crippen molar-refractivity contribution in [2.75, 3.05) is 23.4 Å². The number of likely N-dealkylation sites (tertiary alicyclic amines) is 1. The van der Waals surface area contributed by atoms with Gasteiger partial charge >= 0.3 is 0 Å². The van der Waals surface area contributed by atoms with Gasteiger partial charge in [-0.1, -0.05) is 30.7 Å². The summed E-state index contributed by atoms with van der Waals surface area (Å²) < 4.78 is 24.4. The molecule has 0 radical (unpaired) electrons. The number of sulfone groups is 1. The predicted octanol–water partition coefficient (Wildman–Crippen LogP) is 2.61. The third kappa shape index (κ3) is 4.45. The van der Waals surface area contributed by atoms with Gasteiger partial charge < -0.3 is 10.2 Å². The molecule has 2 unspecified atom stereocenters. The zero-order valence-corrected chi connectivity index (χ0v) is 18.0. The number of hydrogen-bond donors (Lipinski definition) is 1. The first kappa shape index (κ1) is 20.3. The fraction of sp³-hybridized carbons (Fsp3) is 0.550. The van der Waals surface area contributed by atoms with Gasteiger partial charge in [-0.2, -0.15) is 0 Å². The van der Waals surface area contributed by atoms with E-state index in [1.807, 2.05) is 6.07 Å². The molecule has 2 fully saturated rings. The molecule has 3 heterocycles. The van der Waals surface area contributed by atoms with E-state index in [1.54, 1.807) is 4.90 Å². The Labute approximate surface area is 174 Å². The molecule has 0 spiro atoms. The van der Waals surface area contributed by atoms with Gasteiger partial charge in [0.05, 0.1) is 27.6 Å². The highest BCUT2D eigenvalue weighted by Crippen LogP contribution is 2.30. The minimum absolute atomic E-state index is 0.00527. The van der Waals surface area contributed by atoms with Gasteiger partial charge in [-0.3, -0.25) is 9.59 Å². The van der Waals surface area contributed by atoms with E-state index < -0.39 is 15.8 Å². The summed E-state index contributed by atoms with van der Waals surface area (Å²) in [7, 11) is -3.07. The molecule has 2 atom stereocenters. The third-order valence-corrected chi connectivity index (χ3v) is 8.36. The molecule has 2 aliphatic heterocycles. The average Bonchev–Trinajstić information content (AvgIpc) is 3.35. The summed E-state index contributed by atoms with van der Waals surface area (Å²) in [4.78, 5) is 31.1. The minimum Gasteiger partial charge on any atom is -0.338 e. The van der Waals surface area contributed by atoms with E-state index in [0.29, 0.717) is 11.6 Å². The van der Waals surface area contributed by atoms with E-state index in [4.69, 9.17) is 0 Å². The lowest BCUT2D eigenvalue weighted by Crippen LogP contribution is -2.38. The number of unbranched alkanes of at least 4 members (excludes halogenated alkanes) is 1. The maximum absolute atomic E-state index is 12.7. The van der Waals surface area contributed by atoms with Crippen molar-refractivity contribution in [2.45, 2.75) is 45.1 Å². The molecule has 0 aliphatic carbocycles. The van der Waals surface area contributed by atoms with Crippen LogP contribution in [0.1, 0.15) is 38.2 Å². The second kappa shape index (κ2) is 8.02. The number of benzene rings is 1. The molecule has 4 rings (SSSR count). The summed E-state index contributed by atoms with van der Waals surface area (Å²) in [6, 6.07) is 5.88. The summed E-state index contributed by atoms with van der Waals surface area (Å²) in [6.07, 6.45) is 3.90. The zero-order valence-electron chi connectivity index (χ0n) is 16.4. The Bertz CT molecular complexity index is 1050. The molecule has 156 valence electrons. The Morgan fingerprint density at radius 3 is 2.93 bits per heavy atom. The Kier molecular flexibility index (Phi) is 5.61. The minimum atomic E-state index is -3.07. The van der Waals surface area contributed by atoms with E-state index in [-0.39, 0.29) is 42.3 Å². The van der Waals surface area contributed by atoms with Crippen LogP contribution in [0.4, 0.5) is 5.13 Å². The lowest BCUT2D eigenvalue weighted by atomic mass is 10.1. The van der Waals surface area contributed by atoms with Crippen LogP contribution < -0.4 is 5.32 Å². The molecule has 2 saturated heterocycles. The number of thiazole rings is 1. The summed E-state index contributed by atoms with van der Waals surface area (Å²) in [5, 5.41) is 3.39. The third-order valence-electron chi connectivity index (χ3n) is 5.68. The van der Waals surface area contributed by atoms with Gasteiger partial charge in [0.2, 0.25) is 11.8 Å². The van der Waals surface area contributed by atoms with Crippen LogP contribution in [0, 0.1) is 5.92 Å². The predicted molar refractivity (Wildman–Crippen MR) is 114 cm³/mol. The lowest BCUT2D eigenvalue weighted by molar-refractivity contribution is -0.129. The standard InChI is InChI=1S/C20H25N3O4S2/c1-2-3-4-13-5-6-16-17(9-13)28-20(21-16)22-19(25)14-10-18(24)23(11-14)15-7-8-29(26,27)12-15/h5-6,9,14-15H,2-4,7-8,10-12H2,1H3,(H,21,22,25). The van der Waals surface area contributed by atoms with Gasteiger partial charge in [-0.25, -0.2) is 13.4 Å². The summed E-state index contributed by atoms with van der Waals surface area (Å²) >= 11 is 1.44. The summed E-state index contributed by atoms with van der Waals surface area (Å²) in [5.74, 6) is -0.725. The molecule has 29 heavy (non-hydrogen) atoms. The van der Waals surface area contributed by atoms with Gasteiger partial charge in [0.15, 0.2) is 15.0 Å². The quantitative estimate of drug-likeness (QED) is 0.752. The monoisotopic (exact) mass is 435 g/mol. The summed E-state index contributed by atoms with van der Waals surface area (Å²) in [6.45, 7) is 2.44. The maximum atomic E-state index is 12.7. The number of anilines is 1. The number of amides is 2. The van der Waals surface area contributed by atoms with Crippen LogP contribution >= 0.6 is 11.3 Å². The van der Waals surface area contributed by atoms with Gasteiger partial charge in [-0.05, 0) is 37.0 Å². The fourth-order valence-corrected chi connectivity index (χ4v) is 6.71. The number of carbonyl (C=O) groups is 2. The summed E-state index contributed by atoms with van der Waals surface area (Å²) in [5.41, 5.74) is 2.12. The molecule has 2 aromatic rings. The van der Waals surface area contributed by atoms with E-state index in [1.165, 1.54) is 16.9 Å². The number of fused-ring (bicyclic) bond motifs is 1. The topological polar surface area (TPSA) is 96.4 Å². The number of nitrogens with one attached hydrogen (secondary N) is 1. The molecule has 2 aliphatic rings. The van der Waals surface area contributed by atoms with Crippen molar-refractivity contribution in [3.8, 4) is 0 Å². The van der Waals surface area contributed by atoms with Crippen LogP contribution in [0.15, 0.2) is 18.2 Å². The Hall–Kier alpha value is -2.00. The molecular weight excluding hydrogens is 410 g/mol. The largest absolute Gasteiger partial charge is 0.338 e. The number of aromatic nitrogens is 1. The molecule has 7 nitrogen and oxygen atoms in total. The normalized spacial score (nSPS) is 23.8. The Morgan fingerprint density at radius 1 is 1.38 bits per heavy atom. The van der Waals surface area contributed by atoms with Gasteiger partial charge in [0, 0.05) is 19.0 Å². The van der Waals surface area contributed by atoms with Crippen LogP contribution in [0.2, 0.25) is 0 Å². The van der Waals surface area contributed by atoms with E-state index in [9.17, 15) is 18.0 Å². The van der Waals surface area contributed by atoms with Gasteiger partial charge in [-0.15, -0.1) is 0 Å². The van der Waals surface area contributed by atoms with Crippen molar-refractivity contribution in [1.82, 2.24) is 9.88 Å². The molecule has 1 aromatic heterocycles. The van der Waals surface area contributed by atoms with Crippen LogP contribution in [0.3, 0.4) is 0 Å². The second-order valence-corrected chi connectivity index (χ2v) is 11.2. The highest BCUT2D eigenvalue weighted by molar-refractivity contribution is 7.91. The molecule has 1 aromatic carbocycles. The second-order valence-electron chi connectivity index (χ2n) is 7.92. The van der Waals surface area contributed by atoms with Crippen molar-refractivity contribution in [3.05, 3.63) is 23.8 Å². The zero-order chi connectivity index (χ0) is 20.6. The number of hydrogen-bond acceptors (Lipinski definition) is 6. The molecule has 1 N–H and O–H groups in total. The van der Waals surface area contributed by atoms with E-state index in [2.05, 4.69) is 29.4 Å². The fourth-order valence-electron chi connectivity index (χ4n) is 4.05. The van der Waals surface area contributed by atoms with Crippen LogP contribution in [-0.4, -0.2) is 54.2 Å². The van der Waals surface area contributed by atoms with Crippen molar-refractivity contribution < 1.29 is 18.0 Å². The highest BCUT2D eigenvalue weighted by Gasteiger charge is 2.42. The number of nitrogens with zero attached hydrogens (tertiary/aromatic N) is 2. The van der Waals surface area contributed by atoms with E-state index in [0.717, 1.165) is 29.5 Å². The highest BCUT2D eigenvalue weighted by atomic mass is 32.2.